The molecule has 0 aliphatic rings. The number of aryl methyl sites for hydroxylation is 2. The second-order valence-corrected chi connectivity index (χ2v) is 3.83. The minimum atomic E-state index is 0.721. The Bertz CT molecular complexity index is 437. The maximum absolute atomic E-state index is 4.01. The SMILES string of the molecule is CCNCc1nnnn1CCc1ccccc1. The monoisotopic (exact) mass is 231 g/mol. The molecule has 0 saturated carbocycles. The van der Waals surface area contributed by atoms with Gasteiger partial charge in [0.1, 0.15) is 0 Å². The highest BCUT2D eigenvalue weighted by Crippen LogP contribution is 2.02. The van der Waals surface area contributed by atoms with E-state index in [1.807, 2.05) is 10.7 Å². The Morgan fingerprint density at radius 2 is 2.06 bits per heavy atom. The molecule has 2 aromatic rings. The predicted molar refractivity (Wildman–Crippen MR) is 65.3 cm³/mol. The van der Waals surface area contributed by atoms with Gasteiger partial charge in [-0.2, -0.15) is 0 Å². The van der Waals surface area contributed by atoms with Gasteiger partial charge in [0, 0.05) is 6.54 Å². The fourth-order valence-electron chi connectivity index (χ4n) is 1.64. The van der Waals surface area contributed by atoms with Crippen molar-refractivity contribution >= 4 is 0 Å². The third kappa shape index (κ3) is 3.35. The van der Waals surface area contributed by atoms with Gasteiger partial charge < -0.3 is 5.32 Å². The van der Waals surface area contributed by atoms with Crippen molar-refractivity contribution in [2.24, 2.45) is 0 Å². The summed E-state index contributed by atoms with van der Waals surface area (Å²) in [5, 5.41) is 14.9. The highest BCUT2D eigenvalue weighted by atomic mass is 15.5. The van der Waals surface area contributed by atoms with Crippen LogP contribution in [0, 0.1) is 0 Å². The second kappa shape index (κ2) is 6.10. The van der Waals surface area contributed by atoms with Gasteiger partial charge in [-0.05, 0) is 29.0 Å². The Labute approximate surface area is 101 Å². The Morgan fingerprint density at radius 1 is 1.24 bits per heavy atom. The molecule has 0 bridgehead atoms. The quantitative estimate of drug-likeness (QED) is 0.806. The van der Waals surface area contributed by atoms with Crippen LogP contribution in [0.3, 0.4) is 0 Å². The van der Waals surface area contributed by atoms with Gasteiger partial charge in [-0.15, -0.1) is 5.10 Å². The number of hydrogen-bond acceptors (Lipinski definition) is 4. The molecule has 1 aromatic carbocycles. The largest absolute Gasteiger partial charge is 0.310 e. The van der Waals surface area contributed by atoms with E-state index in [0.29, 0.717) is 0 Å². The van der Waals surface area contributed by atoms with Crippen molar-refractivity contribution in [3.63, 3.8) is 0 Å². The second-order valence-electron chi connectivity index (χ2n) is 3.83. The summed E-state index contributed by atoms with van der Waals surface area (Å²) in [4.78, 5) is 0. The molecule has 0 atom stereocenters. The summed E-state index contributed by atoms with van der Waals surface area (Å²) in [7, 11) is 0. The first-order valence-corrected chi connectivity index (χ1v) is 5.90. The summed E-state index contributed by atoms with van der Waals surface area (Å²) in [6.45, 7) is 4.53. The molecule has 2 rings (SSSR count). The lowest BCUT2D eigenvalue weighted by Gasteiger charge is -2.04. The molecule has 0 unspecified atom stereocenters. The standard InChI is InChI=1S/C12H17N5/c1-2-13-10-12-14-15-16-17(12)9-8-11-6-4-3-5-7-11/h3-7,13H,2,8-10H2,1H3. The van der Waals surface area contributed by atoms with Gasteiger partial charge in [0.2, 0.25) is 0 Å². The van der Waals surface area contributed by atoms with E-state index in [4.69, 9.17) is 0 Å². The maximum Gasteiger partial charge on any atom is 0.165 e. The topological polar surface area (TPSA) is 55.6 Å². The number of rotatable bonds is 6. The summed E-state index contributed by atoms with van der Waals surface area (Å²) in [5.74, 6) is 0.891. The molecule has 1 N–H and O–H groups in total. The summed E-state index contributed by atoms with van der Waals surface area (Å²) in [6.07, 6.45) is 0.949. The van der Waals surface area contributed by atoms with Gasteiger partial charge in [-0.3, -0.25) is 0 Å². The number of hydrogen-bond donors (Lipinski definition) is 1. The zero-order valence-electron chi connectivity index (χ0n) is 10.0. The molecule has 0 aliphatic heterocycles. The van der Waals surface area contributed by atoms with Crippen molar-refractivity contribution < 1.29 is 0 Å². The van der Waals surface area contributed by atoms with Crippen LogP contribution in [0.1, 0.15) is 18.3 Å². The fraction of sp³-hybridized carbons (Fsp3) is 0.417. The molecule has 5 heteroatoms. The zero-order chi connectivity index (χ0) is 11.9. The number of nitrogens with zero attached hydrogens (tertiary/aromatic N) is 4. The van der Waals surface area contributed by atoms with Gasteiger partial charge in [0.15, 0.2) is 5.82 Å². The molecule has 5 nitrogen and oxygen atoms in total. The average molecular weight is 231 g/mol. The van der Waals surface area contributed by atoms with Crippen LogP contribution in [-0.2, 0) is 19.5 Å². The van der Waals surface area contributed by atoms with Crippen LogP contribution in [0.25, 0.3) is 0 Å². The summed E-state index contributed by atoms with van der Waals surface area (Å²) >= 11 is 0. The minimum absolute atomic E-state index is 0.721. The van der Waals surface area contributed by atoms with E-state index in [9.17, 15) is 0 Å². The average Bonchev–Trinajstić information content (AvgIpc) is 2.82. The van der Waals surface area contributed by atoms with Crippen LogP contribution >= 0.6 is 0 Å². The molecular weight excluding hydrogens is 214 g/mol. The van der Waals surface area contributed by atoms with Crippen molar-refractivity contribution in [1.82, 2.24) is 25.5 Å². The molecule has 90 valence electrons. The summed E-state index contributed by atoms with van der Waals surface area (Å²) in [5.41, 5.74) is 1.30. The maximum atomic E-state index is 4.01. The van der Waals surface area contributed by atoms with Crippen molar-refractivity contribution in [1.29, 1.82) is 0 Å². The fourth-order valence-corrected chi connectivity index (χ4v) is 1.64. The van der Waals surface area contributed by atoms with Crippen LogP contribution in [0.15, 0.2) is 30.3 Å². The first-order chi connectivity index (χ1) is 8.40. The van der Waals surface area contributed by atoms with Crippen LogP contribution in [0.4, 0.5) is 0 Å². The van der Waals surface area contributed by atoms with Crippen LogP contribution in [0.5, 0.6) is 0 Å². The number of aromatic nitrogens is 4. The predicted octanol–water partition coefficient (Wildman–Crippen LogP) is 1.03. The van der Waals surface area contributed by atoms with E-state index in [0.717, 1.165) is 31.9 Å². The van der Waals surface area contributed by atoms with Gasteiger partial charge in [-0.25, -0.2) is 4.68 Å². The van der Waals surface area contributed by atoms with E-state index >= 15 is 0 Å². The van der Waals surface area contributed by atoms with Crippen molar-refractivity contribution in [2.45, 2.75) is 26.4 Å². The van der Waals surface area contributed by atoms with Gasteiger partial charge in [-0.1, -0.05) is 37.3 Å². The highest BCUT2D eigenvalue weighted by Gasteiger charge is 2.04. The summed E-state index contributed by atoms with van der Waals surface area (Å²) in [6, 6.07) is 10.4. The van der Waals surface area contributed by atoms with Gasteiger partial charge in [0.05, 0.1) is 6.54 Å². The molecule has 0 aliphatic carbocycles. The Balaban J connectivity index is 1.92. The van der Waals surface area contributed by atoms with Crippen molar-refractivity contribution in [3.05, 3.63) is 41.7 Å². The van der Waals surface area contributed by atoms with Crippen molar-refractivity contribution in [3.8, 4) is 0 Å². The molecule has 0 fully saturated rings. The smallest absolute Gasteiger partial charge is 0.165 e. The molecular formula is C12H17N5. The number of tetrazole rings is 1. The lowest BCUT2D eigenvalue weighted by atomic mass is 10.1. The minimum Gasteiger partial charge on any atom is -0.310 e. The number of benzene rings is 1. The molecule has 0 spiro atoms. The van der Waals surface area contributed by atoms with Crippen LogP contribution < -0.4 is 5.32 Å². The lowest BCUT2D eigenvalue weighted by Crippen LogP contribution is -2.17. The van der Waals surface area contributed by atoms with Gasteiger partial charge in [0.25, 0.3) is 0 Å². The molecule has 17 heavy (non-hydrogen) atoms. The third-order valence-corrected chi connectivity index (χ3v) is 2.59. The Hall–Kier alpha value is -1.75. The van der Waals surface area contributed by atoms with Gasteiger partial charge >= 0.3 is 0 Å². The van der Waals surface area contributed by atoms with E-state index in [1.165, 1.54) is 5.56 Å². The van der Waals surface area contributed by atoms with E-state index in [-0.39, 0.29) is 0 Å². The Morgan fingerprint density at radius 3 is 2.82 bits per heavy atom. The third-order valence-electron chi connectivity index (χ3n) is 2.59. The van der Waals surface area contributed by atoms with Crippen LogP contribution in [0.2, 0.25) is 0 Å². The molecule has 1 heterocycles. The molecule has 0 amide bonds. The van der Waals surface area contributed by atoms with E-state index in [2.05, 4.69) is 52.0 Å². The highest BCUT2D eigenvalue weighted by molar-refractivity contribution is 5.14. The lowest BCUT2D eigenvalue weighted by molar-refractivity contribution is 0.546. The molecule has 0 saturated heterocycles. The van der Waals surface area contributed by atoms with Crippen LogP contribution in [-0.4, -0.2) is 26.8 Å². The summed E-state index contributed by atoms with van der Waals surface area (Å²) < 4.78 is 1.86. The molecule has 1 aromatic heterocycles. The van der Waals surface area contributed by atoms with E-state index < -0.39 is 0 Å². The zero-order valence-corrected chi connectivity index (χ0v) is 10.0. The van der Waals surface area contributed by atoms with E-state index in [1.54, 1.807) is 0 Å². The Kier molecular flexibility index (Phi) is 4.21. The first kappa shape index (κ1) is 11.7. The molecule has 0 radical (unpaired) electrons. The first-order valence-electron chi connectivity index (χ1n) is 5.90. The van der Waals surface area contributed by atoms with Crippen molar-refractivity contribution in [2.75, 3.05) is 6.54 Å². The number of nitrogens with one attached hydrogen (secondary N) is 1. The normalized spacial score (nSPS) is 10.6.